The molecule has 6 heteroatoms. The molecule has 0 spiro atoms. The lowest BCUT2D eigenvalue weighted by Gasteiger charge is -2.17. The second-order valence-electron chi connectivity index (χ2n) is 6.65. The zero-order valence-electron chi connectivity index (χ0n) is 14.2. The summed E-state index contributed by atoms with van der Waals surface area (Å²) < 4.78 is 1.82. The Labute approximate surface area is 155 Å². The molecule has 3 aromatic rings. The smallest absolute Gasteiger partial charge is 0.259 e. The molecule has 25 heavy (non-hydrogen) atoms. The number of hydrogen-bond acceptors (Lipinski definition) is 4. The summed E-state index contributed by atoms with van der Waals surface area (Å²) in [5.41, 5.74) is 3.12. The van der Waals surface area contributed by atoms with Gasteiger partial charge in [0.1, 0.15) is 0 Å². The first-order valence-corrected chi connectivity index (χ1v) is 9.76. The van der Waals surface area contributed by atoms with E-state index in [0.717, 1.165) is 47.0 Å². The maximum atomic E-state index is 12.6. The number of benzene rings is 1. The van der Waals surface area contributed by atoms with E-state index in [1.165, 1.54) is 17.0 Å². The molecule has 4 rings (SSSR count). The number of halogens is 1. The summed E-state index contributed by atoms with van der Waals surface area (Å²) >= 11 is 7.91. The third-order valence-electron chi connectivity index (χ3n) is 4.64. The molecule has 0 atom stereocenters. The average Bonchev–Trinajstić information content (AvgIpc) is 2.95. The van der Waals surface area contributed by atoms with Crippen LogP contribution in [0.15, 0.2) is 35.1 Å². The molecule has 1 aliphatic rings. The normalized spacial score (nSPS) is 14.2. The van der Waals surface area contributed by atoms with Crippen LogP contribution in [0.2, 0.25) is 5.02 Å². The van der Waals surface area contributed by atoms with E-state index in [4.69, 9.17) is 16.6 Å². The molecule has 0 N–H and O–H groups in total. The summed E-state index contributed by atoms with van der Waals surface area (Å²) in [6.07, 6.45) is 4.43. The fourth-order valence-electron chi connectivity index (χ4n) is 3.47. The Kier molecular flexibility index (Phi) is 4.63. The molecule has 1 aromatic carbocycles. The van der Waals surface area contributed by atoms with E-state index in [1.807, 2.05) is 35.7 Å². The first-order chi connectivity index (χ1) is 12.1. The monoisotopic (exact) mass is 373 g/mol. The minimum absolute atomic E-state index is 0.0468. The van der Waals surface area contributed by atoms with Gasteiger partial charge in [-0.1, -0.05) is 29.8 Å². The zero-order valence-corrected chi connectivity index (χ0v) is 15.7. The lowest BCUT2D eigenvalue weighted by molar-refractivity contribution is 0.315. The van der Waals surface area contributed by atoms with Gasteiger partial charge in [0.2, 0.25) is 0 Å². The van der Waals surface area contributed by atoms with Crippen molar-refractivity contribution in [3.8, 4) is 0 Å². The molecule has 2 aromatic heterocycles. The van der Waals surface area contributed by atoms with Crippen molar-refractivity contribution >= 4 is 27.9 Å². The van der Waals surface area contributed by atoms with E-state index in [1.54, 1.807) is 17.4 Å². The van der Waals surface area contributed by atoms with Crippen LogP contribution in [0.1, 0.15) is 34.7 Å². The van der Waals surface area contributed by atoms with E-state index in [-0.39, 0.29) is 5.56 Å². The number of rotatable bonds is 4. The van der Waals surface area contributed by atoms with Crippen LogP contribution in [0.5, 0.6) is 0 Å². The van der Waals surface area contributed by atoms with Crippen LogP contribution in [0.25, 0.3) is 4.96 Å². The van der Waals surface area contributed by atoms with Gasteiger partial charge in [-0.3, -0.25) is 14.1 Å². The Morgan fingerprint density at radius 3 is 2.88 bits per heavy atom. The van der Waals surface area contributed by atoms with Crippen molar-refractivity contribution in [2.45, 2.75) is 38.8 Å². The first-order valence-electron chi connectivity index (χ1n) is 8.57. The highest BCUT2D eigenvalue weighted by atomic mass is 35.5. The Bertz CT molecular complexity index is 978. The number of fused-ring (bicyclic) bond motifs is 3. The highest BCUT2D eigenvalue weighted by Gasteiger charge is 2.18. The molecule has 130 valence electrons. The van der Waals surface area contributed by atoms with Gasteiger partial charge in [-0.15, -0.1) is 11.3 Å². The molecule has 0 saturated carbocycles. The van der Waals surface area contributed by atoms with E-state index in [9.17, 15) is 4.79 Å². The Hall–Kier alpha value is -1.69. The Balaban J connectivity index is 1.59. The fourth-order valence-corrected chi connectivity index (χ4v) is 4.90. The van der Waals surface area contributed by atoms with Gasteiger partial charge in [-0.05, 0) is 44.4 Å². The summed E-state index contributed by atoms with van der Waals surface area (Å²) in [6.45, 7) is 1.35. The van der Waals surface area contributed by atoms with Gasteiger partial charge in [0.05, 0.1) is 5.69 Å². The molecule has 0 amide bonds. The predicted octanol–water partition coefficient (Wildman–Crippen LogP) is 3.92. The van der Waals surface area contributed by atoms with Crippen LogP contribution < -0.4 is 5.56 Å². The average molecular weight is 374 g/mol. The van der Waals surface area contributed by atoms with Gasteiger partial charge in [-0.2, -0.15) is 0 Å². The van der Waals surface area contributed by atoms with E-state index >= 15 is 0 Å². The van der Waals surface area contributed by atoms with Crippen LogP contribution in [0.4, 0.5) is 0 Å². The zero-order chi connectivity index (χ0) is 17.4. The molecular formula is C19H20ClN3OS. The number of hydrogen-bond donors (Lipinski definition) is 0. The van der Waals surface area contributed by atoms with Crippen LogP contribution in [-0.2, 0) is 25.9 Å². The van der Waals surface area contributed by atoms with E-state index in [2.05, 4.69) is 4.90 Å². The third-order valence-corrected chi connectivity index (χ3v) is 6.16. The van der Waals surface area contributed by atoms with Crippen molar-refractivity contribution < 1.29 is 0 Å². The molecule has 2 heterocycles. The molecule has 0 unspecified atom stereocenters. The van der Waals surface area contributed by atoms with E-state index < -0.39 is 0 Å². The Morgan fingerprint density at radius 2 is 2.04 bits per heavy atom. The SMILES string of the molecule is CN(Cc1cc(=O)n2c3c(sc2n1)CCCC3)Cc1ccccc1Cl. The third kappa shape index (κ3) is 3.36. The fraction of sp³-hybridized carbons (Fsp3) is 0.368. The van der Waals surface area contributed by atoms with E-state index in [0.29, 0.717) is 6.54 Å². The van der Waals surface area contributed by atoms with Gasteiger partial charge in [0, 0.05) is 34.7 Å². The standard InChI is InChI=1S/C19H20ClN3OS/c1-22(11-13-6-2-3-7-15(13)20)12-14-10-18(24)23-16-8-4-5-9-17(16)25-19(23)21-14/h2-3,6-7,10H,4-5,8-9,11-12H2,1H3. The summed E-state index contributed by atoms with van der Waals surface area (Å²) in [5.74, 6) is 0. The maximum Gasteiger partial charge on any atom is 0.259 e. The van der Waals surface area contributed by atoms with Gasteiger partial charge >= 0.3 is 0 Å². The second-order valence-corrected chi connectivity index (χ2v) is 8.12. The van der Waals surface area contributed by atoms with Crippen molar-refractivity contribution in [3.05, 3.63) is 67.5 Å². The lowest BCUT2D eigenvalue weighted by Crippen LogP contribution is -2.22. The molecular weight excluding hydrogens is 354 g/mol. The summed E-state index contributed by atoms with van der Waals surface area (Å²) in [7, 11) is 2.02. The molecule has 0 fully saturated rings. The van der Waals surface area contributed by atoms with Crippen molar-refractivity contribution in [3.63, 3.8) is 0 Å². The molecule has 4 nitrogen and oxygen atoms in total. The quantitative estimate of drug-likeness (QED) is 0.695. The number of nitrogens with zero attached hydrogens (tertiary/aromatic N) is 3. The van der Waals surface area contributed by atoms with Crippen LogP contribution >= 0.6 is 22.9 Å². The van der Waals surface area contributed by atoms with Crippen molar-refractivity contribution in [2.75, 3.05) is 7.05 Å². The minimum Gasteiger partial charge on any atom is -0.296 e. The number of aromatic nitrogens is 2. The van der Waals surface area contributed by atoms with Crippen molar-refractivity contribution in [2.24, 2.45) is 0 Å². The van der Waals surface area contributed by atoms with Crippen LogP contribution in [0, 0.1) is 0 Å². The van der Waals surface area contributed by atoms with Crippen molar-refractivity contribution in [1.29, 1.82) is 0 Å². The summed E-state index contributed by atoms with van der Waals surface area (Å²) in [5, 5.41) is 0.767. The molecule has 0 aliphatic heterocycles. The number of thiazole rings is 1. The topological polar surface area (TPSA) is 37.6 Å². The predicted molar refractivity (Wildman–Crippen MR) is 103 cm³/mol. The largest absolute Gasteiger partial charge is 0.296 e. The minimum atomic E-state index is 0.0468. The highest BCUT2D eigenvalue weighted by Crippen LogP contribution is 2.28. The molecule has 0 radical (unpaired) electrons. The van der Waals surface area contributed by atoms with Crippen molar-refractivity contribution in [1.82, 2.24) is 14.3 Å². The van der Waals surface area contributed by atoms with Gasteiger partial charge in [-0.25, -0.2) is 4.98 Å². The van der Waals surface area contributed by atoms with Gasteiger partial charge in [0.15, 0.2) is 4.96 Å². The first kappa shape index (κ1) is 16.8. The maximum absolute atomic E-state index is 12.6. The molecule has 0 bridgehead atoms. The Morgan fingerprint density at radius 1 is 1.24 bits per heavy atom. The van der Waals surface area contributed by atoms with Gasteiger partial charge < -0.3 is 0 Å². The summed E-state index contributed by atoms with van der Waals surface area (Å²) in [4.78, 5) is 21.7. The molecule has 0 saturated heterocycles. The molecule has 1 aliphatic carbocycles. The lowest BCUT2D eigenvalue weighted by atomic mass is 10.0. The van der Waals surface area contributed by atoms with Gasteiger partial charge in [0.25, 0.3) is 5.56 Å². The second kappa shape index (κ2) is 6.90. The summed E-state index contributed by atoms with van der Waals surface area (Å²) in [6, 6.07) is 9.52. The van der Waals surface area contributed by atoms with Crippen LogP contribution in [-0.4, -0.2) is 21.3 Å². The van der Waals surface area contributed by atoms with Crippen LogP contribution in [0.3, 0.4) is 0 Å². The number of aryl methyl sites for hydroxylation is 2. The highest BCUT2D eigenvalue weighted by molar-refractivity contribution is 7.17.